The molecule has 0 saturated heterocycles. The second-order valence-corrected chi connectivity index (χ2v) is 10.2. The number of amides is 1. The number of carbonyl (C=O) groups is 1. The molecule has 38 heavy (non-hydrogen) atoms. The van der Waals surface area contributed by atoms with Crippen LogP contribution in [-0.2, 0) is 4.79 Å². The first-order valence-corrected chi connectivity index (χ1v) is 10.7. The molecule has 0 atom stereocenters. The third-order valence-corrected chi connectivity index (χ3v) is 7.42. The van der Waals surface area contributed by atoms with Crippen molar-refractivity contribution in [2.75, 3.05) is 0 Å². The predicted octanol–water partition coefficient (Wildman–Crippen LogP) is 7.08. The summed E-state index contributed by atoms with van der Waals surface area (Å²) in [6.07, 6.45) is -6.50. The molecule has 0 spiro atoms. The van der Waals surface area contributed by atoms with Gasteiger partial charge in [0, 0.05) is 5.54 Å². The van der Waals surface area contributed by atoms with E-state index in [1.54, 1.807) is 0 Å². The third-order valence-electron chi connectivity index (χ3n) is 7.42. The fourth-order valence-corrected chi connectivity index (χ4v) is 5.89. The van der Waals surface area contributed by atoms with E-state index in [0.717, 1.165) is 0 Å². The molecule has 1 N–H and O–H groups in total. The summed E-state index contributed by atoms with van der Waals surface area (Å²) in [5.74, 6) is -61.7. The Morgan fingerprint density at radius 3 is 1.11 bits per heavy atom. The van der Waals surface area contributed by atoms with E-state index in [1.165, 1.54) is 5.32 Å². The highest BCUT2D eigenvalue weighted by atomic mass is 19.4. The lowest BCUT2D eigenvalue weighted by Crippen LogP contribution is -2.76. The second-order valence-electron chi connectivity index (χ2n) is 10.2. The summed E-state index contributed by atoms with van der Waals surface area (Å²) in [5, 5.41) is 1.36. The number of rotatable bonds is 8. The number of hydrogen-bond acceptors (Lipinski definition) is 1. The zero-order valence-electron chi connectivity index (χ0n) is 18.3. The molecule has 4 aliphatic rings. The van der Waals surface area contributed by atoms with Gasteiger partial charge < -0.3 is 5.32 Å². The summed E-state index contributed by atoms with van der Waals surface area (Å²) in [5.41, 5.74) is -1.69. The lowest BCUT2D eigenvalue weighted by atomic mass is 9.53. The van der Waals surface area contributed by atoms with Gasteiger partial charge in [0.1, 0.15) is 0 Å². The SMILES string of the molecule is O=C(NC12CC3CC(CC(C3)C1)C2)C(F)(F)C(F)(F)C(F)(F)C(F)(F)C(F)(F)C(F)(F)C(F)(F)C(F)(F)F. The van der Waals surface area contributed by atoms with Crippen LogP contribution in [0.2, 0.25) is 0 Å². The summed E-state index contributed by atoms with van der Waals surface area (Å²) in [6, 6.07) is 0. The Labute approximate surface area is 201 Å². The number of nitrogens with one attached hydrogen (secondary N) is 1. The summed E-state index contributed by atoms with van der Waals surface area (Å²) in [4.78, 5) is 12.0. The fraction of sp³-hybridized carbons (Fsp3) is 0.947. The van der Waals surface area contributed by atoms with E-state index in [-0.39, 0.29) is 37.0 Å². The zero-order valence-corrected chi connectivity index (χ0v) is 18.3. The van der Waals surface area contributed by atoms with Gasteiger partial charge in [-0.25, -0.2) is 0 Å². The van der Waals surface area contributed by atoms with Crippen molar-refractivity contribution < 1.29 is 79.4 Å². The van der Waals surface area contributed by atoms with E-state index < -0.39 is 59.1 Å². The molecule has 0 aromatic rings. The Morgan fingerprint density at radius 2 is 0.789 bits per heavy atom. The van der Waals surface area contributed by atoms with Crippen molar-refractivity contribution >= 4 is 5.91 Å². The van der Waals surface area contributed by atoms with Crippen LogP contribution in [0.1, 0.15) is 38.5 Å². The molecule has 2 nitrogen and oxygen atoms in total. The van der Waals surface area contributed by atoms with Gasteiger partial charge >= 0.3 is 47.6 Å². The highest BCUT2D eigenvalue weighted by Gasteiger charge is 2.95. The standard InChI is InChI=1S/C19H16F17NO/c20-12(21,10(38)37-11-4-7-1-8(5-11)3-9(2-7)6-11)13(22,23)14(24,25)15(26,27)16(28,29)17(30,31)18(32,33)19(34,35)36/h7-9H,1-6H2,(H,37,38). The zero-order chi connectivity index (χ0) is 29.8. The van der Waals surface area contributed by atoms with Crippen molar-refractivity contribution in [3.8, 4) is 0 Å². The average molecular weight is 597 g/mol. The molecule has 19 heteroatoms. The van der Waals surface area contributed by atoms with Crippen molar-refractivity contribution in [1.82, 2.24) is 5.32 Å². The van der Waals surface area contributed by atoms with Gasteiger partial charge in [0.2, 0.25) is 0 Å². The van der Waals surface area contributed by atoms with Gasteiger partial charge in [-0.05, 0) is 56.3 Å². The minimum Gasteiger partial charge on any atom is -0.345 e. The molecule has 0 aliphatic heterocycles. The maximum atomic E-state index is 14.3. The lowest BCUT2D eigenvalue weighted by molar-refractivity contribution is -0.459. The van der Waals surface area contributed by atoms with Gasteiger partial charge in [-0.1, -0.05) is 0 Å². The van der Waals surface area contributed by atoms with Crippen LogP contribution in [0.5, 0.6) is 0 Å². The molecule has 4 saturated carbocycles. The summed E-state index contributed by atoms with van der Waals surface area (Å²) in [7, 11) is 0. The summed E-state index contributed by atoms with van der Waals surface area (Å²) in [6.45, 7) is 0. The first-order chi connectivity index (χ1) is 16.6. The normalized spacial score (nSPS) is 29.6. The molecule has 0 radical (unpaired) electrons. The first kappa shape index (κ1) is 30.8. The average Bonchev–Trinajstić information content (AvgIpc) is 2.70. The molecule has 4 rings (SSSR count). The van der Waals surface area contributed by atoms with Gasteiger partial charge in [0.05, 0.1) is 0 Å². The molecule has 0 aromatic carbocycles. The third kappa shape index (κ3) is 3.85. The Morgan fingerprint density at radius 1 is 0.500 bits per heavy atom. The monoisotopic (exact) mass is 597 g/mol. The minimum absolute atomic E-state index is 0.114. The Bertz CT molecular complexity index is 918. The van der Waals surface area contributed by atoms with E-state index >= 15 is 0 Å². The van der Waals surface area contributed by atoms with E-state index in [1.807, 2.05) is 0 Å². The van der Waals surface area contributed by atoms with E-state index in [0.29, 0.717) is 19.3 Å². The molecule has 0 heterocycles. The number of hydrogen-bond donors (Lipinski definition) is 1. The number of alkyl halides is 17. The Hall–Kier alpha value is -1.72. The molecule has 4 bridgehead atoms. The van der Waals surface area contributed by atoms with Crippen LogP contribution in [0.15, 0.2) is 0 Å². The quantitative estimate of drug-likeness (QED) is 0.298. The maximum Gasteiger partial charge on any atom is 0.460 e. The van der Waals surface area contributed by atoms with Crippen LogP contribution in [0.4, 0.5) is 74.6 Å². The van der Waals surface area contributed by atoms with Gasteiger partial charge in [0.25, 0.3) is 5.91 Å². The van der Waals surface area contributed by atoms with Crippen LogP contribution >= 0.6 is 0 Å². The lowest BCUT2D eigenvalue weighted by Gasteiger charge is -2.57. The fourth-order valence-electron chi connectivity index (χ4n) is 5.89. The van der Waals surface area contributed by atoms with Gasteiger partial charge in [0.15, 0.2) is 0 Å². The summed E-state index contributed by atoms with van der Waals surface area (Å²) >= 11 is 0. The molecule has 4 fully saturated rings. The largest absolute Gasteiger partial charge is 0.460 e. The molecular formula is C19H16F17NO. The van der Waals surface area contributed by atoms with Crippen LogP contribution in [-0.4, -0.2) is 59.1 Å². The topological polar surface area (TPSA) is 29.1 Å². The highest BCUT2D eigenvalue weighted by Crippen LogP contribution is 2.64. The van der Waals surface area contributed by atoms with Crippen LogP contribution < -0.4 is 5.32 Å². The van der Waals surface area contributed by atoms with Crippen molar-refractivity contribution in [3.05, 3.63) is 0 Å². The molecule has 4 aliphatic carbocycles. The van der Waals surface area contributed by atoms with Crippen molar-refractivity contribution in [2.24, 2.45) is 17.8 Å². The van der Waals surface area contributed by atoms with Crippen LogP contribution in [0, 0.1) is 17.8 Å². The first-order valence-electron chi connectivity index (χ1n) is 10.7. The van der Waals surface area contributed by atoms with E-state index in [9.17, 15) is 79.4 Å². The molecular weight excluding hydrogens is 581 g/mol. The molecule has 1 amide bonds. The minimum atomic E-state index is -8.71. The Balaban J connectivity index is 1.96. The maximum absolute atomic E-state index is 14.3. The number of carbonyl (C=O) groups excluding carboxylic acids is 1. The van der Waals surface area contributed by atoms with Gasteiger partial charge in [-0.2, -0.15) is 74.6 Å². The predicted molar refractivity (Wildman–Crippen MR) is 89.7 cm³/mol. The molecule has 0 unspecified atom stereocenters. The smallest absolute Gasteiger partial charge is 0.345 e. The van der Waals surface area contributed by atoms with Gasteiger partial charge in [-0.3, -0.25) is 4.79 Å². The van der Waals surface area contributed by atoms with E-state index in [4.69, 9.17) is 0 Å². The molecule has 0 aromatic heterocycles. The van der Waals surface area contributed by atoms with Crippen molar-refractivity contribution in [2.45, 2.75) is 91.7 Å². The second kappa shape index (κ2) is 8.16. The highest BCUT2D eigenvalue weighted by molar-refractivity contribution is 5.85. The number of halogens is 17. The van der Waals surface area contributed by atoms with Crippen LogP contribution in [0.25, 0.3) is 0 Å². The van der Waals surface area contributed by atoms with Crippen molar-refractivity contribution in [1.29, 1.82) is 0 Å². The van der Waals surface area contributed by atoms with Crippen molar-refractivity contribution in [3.63, 3.8) is 0 Å². The van der Waals surface area contributed by atoms with E-state index in [2.05, 4.69) is 0 Å². The Kier molecular flexibility index (Phi) is 6.62. The molecule has 222 valence electrons. The van der Waals surface area contributed by atoms with Crippen LogP contribution in [0.3, 0.4) is 0 Å². The summed E-state index contributed by atoms with van der Waals surface area (Å²) < 4.78 is 228. The van der Waals surface area contributed by atoms with Gasteiger partial charge in [-0.15, -0.1) is 0 Å².